The van der Waals surface area contributed by atoms with E-state index in [-0.39, 0.29) is 49.1 Å². The average molecular weight is 370 g/mol. The normalized spacial score (nSPS) is 20.1. The number of carbonyl (C=O) groups is 3. The van der Waals surface area contributed by atoms with E-state index >= 15 is 0 Å². The summed E-state index contributed by atoms with van der Waals surface area (Å²) in [5.41, 5.74) is 0.541. The molecule has 1 aromatic heterocycles. The van der Waals surface area contributed by atoms with Crippen LogP contribution in [0, 0.1) is 5.92 Å². The van der Waals surface area contributed by atoms with Crippen molar-refractivity contribution >= 4 is 25.0 Å². The predicted molar refractivity (Wildman–Crippen MR) is 88.8 cm³/mol. The highest BCUT2D eigenvalue weighted by Gasteiger charge is 2.35. The lowest BCUT2D eigenvalue weighted by Gasteiger charge is -2.11. The third-order valence-electron chi connectivity index (χ3n) is 3.94. The third kappa shape index (κ3) is 5.86. The van der Waals surface area contributed by atoms with E-state index in [0.29, 0.717) is 25.1 Å². The van der Waals surface area contributed by atoms with E-state index in [9.17, 15) is 18.9 Å². The molecule has 2 amide bonds. The van der Waals surface area contributed by atoms with Gasteiger partial charge in [0.05, 0.1) is 18.9 Å². The molecule has 25 heavy (non-hydrogen) atoms. The van der Waals surface area contributed by atoms with Gasteiger partial charge in [-0.25, -0.2) is 0 Å². The highest BCUT2D eigenvalue weighted by molar-refractivity contribution is 7.58. The van der Waals surface area contributed by atoms with E-state index in [1.807, 2.05) is 0 Å². The summed E-state index contributed by atoms with van der Waals surface area (Å²) < 4.78 is 12.8. The number of likely N-dealkylation sites (tertiary alicyclic amines) is 1. The van der Waals surface area contributed by atoms with Gasteiger partial charge in [0.2, 0.25) is 19.2 Å². The van der Waals surface area contributed by atoms with Crippen molar-refractivity contribution in [2.75, 3.05) is 12.8 Å². The summed E-state index contributed by atoms with van der Waals surface area (Å²) in [6, 6.07) is 0. The van der Waals surface area contributed by atoms with Crippen LogP contribution in [0.25, 0.3) is 0 Å². The van der Waals surface area contributed by atoms with Gasteiger partial charge in [0, 0.05) is 32.0 Å². The summed E-state index contributed by atoms with van der Waals surface area (Å²) in [6.07, 6.45) is 3.16. The molecule has 1 aliphatic heterocycles. The number of aromatic nitrogens is 3. The van der Waals surface area contributed by atoms with E-state index in [1.165, 1.54) is 11.6 Å². The third-order valence-corrected chi connectivity index (χ3v) is 4.88. The number of ketones is 1. The van der Waals surface area contributed by atoms with E-state index in [2.05, 4.69) is 10.3 Å². The zero-order valence-corrected chi connectivity index (χ0v) is 15.3. The molecule has 2 atom stereocenters. The molecule has 1 N–H and O–H groups in total. The molecule has 1 aromatic rings. The van der Waals surface area contributed by atoms with Crippen molar-refractivity contribution < 1.29 is 23.8 Å². The second kappa shape index (κ2) is 8.01. The van der Waals surface area contributed by atoms with Crippen molar-refractivity contribution in [3.8, 4) is 0 Å². The van der Waals surface area contributed by atoms with Crippen LogP contribution in [0.4, 0.5) is 0 Å². The quantitative estimate of drug-likeness (QED) is 0.388. The van der Waals surface area contributed by atoms with Crippen LogP contribution in [0.1, 0.15) is 38.3 Å². The maximum absolute atomic E-state index is 11.9. The zero-order valence-electron chi connectivity index (χ0n) is 14.4. The molecule has 0 aliphatic carbocycles. The first-order chi connectivity index (χ1) is 11.7. The molecule has 138 valence electrons. The number of amides is 2. The van der Waals surface area contributed by atoms with Crippen molar-refractivity contribution in [1.82, 2.24) is 19.9 Å². The van der Waals surface area contributed by atoms with Gasteiger partial charge < -0.3 is 4.89 Å². The van der Waals surface area contributed by atoms with Gasteiger partial charge in [-0.2, -0.15) is 0 Å². The van der Waals surface area contributed by atoms with Gasteiger partial charge in [-0.15, -0.1) is 5.10 Å². The van der Waals surface area contributed by atoms with Gasteiger partial charge >= 0.3 is 0 Å². The monoisotopic (exact) mass is 370 g/mol. The Balaban J connectivity index is 1.75. The molecule has 1 fully saturated rings. The van der Waals surface area contributed by atoms with Gasteiger partial charge in [-0.3, -0.25) is 28.5 Å². The SMILES string of the molecule is CC1CC(=O)N(Cc2cn(CCCCC(=O)CP(C)(=O)O)nn2)C1=O. The topological polar surface area (TPSA) is 122 Å². The first kappa shape index (κ1) is 19.5. The van der Waals surface area contributed by atoms with Crippen molar-refractivity contribution in [3.63, 3.8) is 0 Å². The molecule has 0 saturated carbocycles. The zero-order chi connectivity index (χ0) is 18.6. The minimum atomic E-state index is -3.29. The highest BCUT2D eigenvalue weighted by Crippen LogP contribution is 2.35. The van der Waals surface area contributed by atoms with E-state index in [0.717, 1.165) is 0 Å². The number of aryl methyl sites for hydroxylation is 1. The molecule has 2 rings (SSSR count). The summed E-state index contributed by atoms with van der Waals surface area (Å²) in [6.45, 7) is 3.58. The number of carbonyl (C=O) groups excluding carboxylic acids is 3. The van der Waals surface area contributed by atoms with Gasteiger partial charge in [0.1, 0.15) is 11.5 Å². The molecule has 0 bridgehead atoms. The Kier molecular flexibility index (Phi) is 6.24. The van der Waals surface area contributed by atoms with Crippen LogP contribution in [0.3, 0.4) is 0 Å². The minimum absolute atomic E-state index is 0.128. The number of unbranched alkanes of at least 4 members (excludes halogenated alkanes) is 1. The number of imide groups is 1. The smallest absolute Gasteiger partial charge is 0.232 e. The summed E-state index contributed by atoms with van der Waals surface area (Å²) in [5.74, 6) is -0.872. The standard InChI is InChI=1S/C15H23N4O5P/c1-11-7-14(21)19(15(11)22)9-12-8-18(17-16-12)6-4-3-5-13(20)10-25(2,23)24/h8,11H,3-7,9-10H2,1-2H3,(H,23,24). The molecule has 10 heteroatoms. The second-order valence-electron chi connectivity index (χ2n) is 6.60. The van der Waals surface area contributed by atoms with Crippen LogP contribution < -0.4 is 0 Å². The summed E-state index contributed by atoms with van der Waals surface area (Å²) in [4.78, 5) is 45.5. The van der Waals surface area contributed by atoms with Crippen LogP contribution in [0.15, 0.2) is 6.20 Å². The molecular formula is C15H23N4O5P. The maximum Gasteiger partial charge on any atom is 0.232 e. The van der Waals surface area contributed by atoms with E-state index < -0.39 is 7.37 Å². The van der Waals surface area contributed by atoms with Crippen molar-refractivity contribution in [1.29, 1.82) is 0 Å². The van der Waals surface area contributed by atoms with Gasteiger partial charge in [-0.1, -0.05) is 12.1 Å². The largest absolute Gasteiger partial charge is 0.344 e. The molecule has 9 nitrogen and oxygen atoms in total. The molecule has 2 unspecified atom stereocenters. The molecule has 0 aromatic carbocycles. The molecular weight excluding hydrogens is 347 g/mol. The van der Waals surface area contributed by atoms with Gasteiger partial charge in [-0.05, 0) is 12.8 Å². The van der Waals surface area contributed by atoms with Crippen molar-refractivity contribution in [2.24, 2.45) is 5.92 Å². The van der Waals surface area contributed by atoms with Crippen LogP contribution in [-0.2, 0) is 32.0 Å². The lowest BCUT2D eigenvalue weighted by molar-refractivity contribution is -0.140. The second-order valence-corrected chi connectivity index (χ2v) is 9.02. The van der Waals surface area contributed by atoms with Crippen LogP contribution in [0.2, 0.25) is 0 Å². The van der Waals surface area contributed by atoms with E-state index in [1.54, 1.807) is 17.8 Å². The predicted octanol–water partition coefficient (Wildman–Crippen LogP) is 0.813. The molecule has 1 aliphatic rings. The van der Waals surface area contributed by atoms with Crippen molar-refractivity contribution in [2.45, 2.75) is 45.7 Å². The Morgan fingerprint density at radius 1 is 1.40 bits per heavy atom. The highest BCUT2D eigenvalue weighted by atomic mass is 31.2. The fourth-order valence-corrected chi connectivity index (χ4v) is 3.51. The first-order valence-corrected chi connectivity index (χ1v) is 10.5. The lowest BCUT2D eigenvalue weighted by Crippen LogP contribution is -2.29. The fraction of sp³-hybridized carbons (Fsp3) is 0.667. The number of rotatable bonds is 9. The average Bonchev–Trinajstić information content (AvgIpc) is 3.02. The number of nitrogens with zero attached hydrogens (tertiary/aromatic N) is 4. The first-order valence-electron chi connectivity index (χ1n) is 8.20. The Morgan fingerprint density at radius 3 is 2.72 bits per heavy atom. The van der Waals surface area contributed by atoms with Gasteiger partial charge in [0.15, 0.2) is 0 Å². The summed E-state index contributed by atoms with van der Waals surface area (Å²) in [7, 11) is -3.29. The summed E-state index contributed by atoms with van der Waals surface area (Å²) in [5, 5.41) is 7.92. The Morgan fingerprint density at radius 2 is 2.12 bits per heavy atom. The number of hydrogen-bond donors (Lipinski definition) is 1. The van der Waals surface area contributed by atoms with Crippen LogP contribution in [-0.4, -0.2) is 55.2 Å². The lowest BCUT2D eigenvalue weighted by atomic mass is 10.1. The fourth-order valence-electron chi connectivity index (χ4n) is 2.70. The molecule has 0 spiro atoms. The number of hydrogen-bond acceptors (Lipinski definition) is 6. The van der Waals surface area contributed by atoms with Gasteiger partial charge in [0.25, 0.3) is 0 Å². The van der Waals surface area contributed by atoms with Crippen molar-refractivity contribution in [3.05, 3.63) is 11.9 Å². The van der Waals surface area contributed by atoms with Crippen LogP contribution in [0.5, 0.6) is 0 Å². The molecule has 2 heterocycles. The Hall–Kier alpha value is -1.86. The summed E-state index contributed by atoms with van der Waals surface area (Å²) >= 11 is 0. The number of Topliss-reactive ketones (excluding diaryl/α,β-unsaturated/α-hetero) is 1. The molecule has 0 radical (unpaired) electrons. The minimum Gasteiger partial charge on any atom is -0.344 e. The van der Waals surface area contributed by atoms with E-state index in [4.69, 9.17) is 4.89 Å². The Labute approximate surface area is 145 Å². The van der Waals surface area contributed by atoms with Crippen LogP contribution >= 0.6 is 7.37 Å². The maximum atomic E-state index is 11.9. The molecule has 1 saturated heterocycles. The Bertz CT molecular complexity index is 711.